The lowest BCUT2D eigenvalue weighted by atomic mass is 9.97. The molecule has 130 valence electrons. The maximum atomic E-state index is 12.8. The standard InChI is InChI=1S/C19H26N2O3/c1-15(16-6-3-2-4-7-16)14-18(22)21-9-5-8-17(21)19(23)20-10-12-24-13-11-20/h2-4,6-7,15,17H,5,8-14H2,1H3. The summed E-state index contributed by atoms with van der Waals surface area (Å²) in [4.78, 5) is 29.2. The molecule has 2 fully saturated rings. The Hall–Kier alpha value is -1.88. The zero-order chi connectivity index (χ0) is 16.9. The molecule has 0 aliphatic carbocycles. The third kappa shape index (κ3) is 3.78. The zero-order valence-electron chi connectivity index (χ0n) is 14.3. The molecule has 2 atom stereocenters. The lowest BCUT2D eigenvalue weighted by Gasteiger charge is -2.33. The molecule has 5 nitrogen and oxygen atoms in total. The molecule has 0 aromatic heterocycles. The van der Waals surface area contributed by atoms with E-state index in [1.807, 2.05) is 23.1 Å². The van der Waals surface area contributed by atoms with Crippen LogP contribution in [0, 0.1) is 0 Å². The average Bonchev–Trinajstić information content (AvgIpc) is 3.12. The highest BCUT2D eigenvalue weighted by Crippen LogP contribution is 2.25. The minimum absolute atomic E-state index is 0.0930. The minimum Gasteiger partial charge on any atom is -0.378 e. The molecule has 2 amide bonds. The number of nitrogens with zero attached hydrogens (tertiary/aromatic N) is 2. The van der Waals surface area contributed by atoms with Crippen LogP contribution in [-0.4, -0.2) is 60.5 Å². The SMILES string of the molecule is CC(CC(=O)N1CCCC1C(=O)N1CCOCC1)c1ccccc1. The van der Waals surface area contributed by atoms with E-state index in [1.165, 1.54) is 5.56 Å². The maximum Gasteiger partial charge on any atom is 0.245 e. The lowest BCUT2D eigenvalue weighted by Crippen LogP contribution is -2.51. The third-order valence-corrected chi connectivity index (χ3v) is 5.03. The largest absolute Gasteiger partial charge is 0.378 e. The second-order valence-electron chi connectivity index (χ2n) is 6.70. The molecule has 0 N–H and O–H groups in total. The van der Waals surface area contributed by atoms with E-state index in [1.54, 1.807) is 4.90 Å². The highest BCUT2D eigenvalue weighted by Gasteiger charge is 2.37. The summed E-state index contributed by atoms with van der Waals surface area (Å²) in [6.07, 6.45) is 2.14. The molecule has 0 radical (unpaired) electrons. The number of morpholine rings is 1. The van der Waals surface area contributed by atoms with Crippen LogP contribution in [0.4, 0.5) is 0 Å². The van der Waals surface area contributed by atoms with E-state index >= 15 is 0 Å². The first-order valence-corrected chi connectivity index (χ1v) is 8.88. The maximum absolute atomic E-state index is 12.8. The Kier molecular flexibility index (Phi) is 5.51. The van der Waals surface area contributed by atoms with Crippen LogP contribution in [0.5, 0.6) is 0 Å². The Morgan fingerprint density at radius 3 is 2.58 bits per heavy atom. The summed E-state index contributed by atoms with van der Waals surface area (Å²) in [6, 6.07) is 9.80. The summed E-state index contributed by atoms with van der Waals surface area (Å²) >= 11 is 0. The molecule has 0 spiro atoms. The van der Waals surface area contributed by atoms with Crippen molar-refractivity contribution in [2.45, 2.75) is 38.1 Å². The number of carbonyl (C=O) groups excluding carboxylic acids is 2. The fraction of sp³-hybridized carbons (Fsp3) is 0.579. The summed E-state index contributed by atoms with van der Waals surface area (Å²) in [5, 5.41) is 0. The van der Waals surface area contributed by atoms with Gasteiger partial charge in [0.1, 0.15) is 6.04 Å². The van der Waals surface area contributed by atoms with E-state index < -0.39 is 0 Å². The Morgan fingerprint density at radius 1 is 1.17 bits per heavy atom. The predicted molar refractivity (Wildman–Crippen MR) is 91.6 cm³/mol. The van der Waals surface area contributed by atoms with Gasteiger partial charge >= 0.3 is 0 Å². The molecule has 24 heavy (non-hydrogen) atoms. The normalized spacial score (nSPS) is 22.5. The van der Waals surface area contributed by atoms with Crippen LogP contribution in [0.1, 0.15) is 37.7 Å². The van der Waals surface area contributed by atoms with Crippen LogP contribution >= 0.6 is 0 Å². The smallest absolute Gasteiger partial charge is 0.245 e. The van der Waals surface area contributed by atoms with E-state index in [0.717, 1.165) is 12.8 Å². The molecule has 5 heteroatoms. The number of carbonyl (C=O) groups is 2. The molecule has 2 unspecified atom stereocenters. The Labute approximate surface area is 143 Å². The van der Waals surface area contributed by atoms with Gasteiger partial charge in [0.05, 0.1) is 13.2 Å². The first-order chi connectivity index (χ1) is 11.7. The zero-order valence-corrected chi connectivity index (χ0v) is 14.3. The molecule has 2 saturated heterocycles. The quantitative estimate of drug-likeness (QED) is 0.849. The number of amides is 2. The summed E-state index contributed by atoms with van der Waals surface area (Å²) in [7, 11) is 0. The molecule has 2 aliphatic rings. The van der Waals surface area contributed by atoms with Crippen molar-refractivity contribution in [2.75, 3.05) is 32.8 Å². The molecular formula is C19H26N2O3. The van der Waals surface area contributed by atoms with Crippen LogP contribution in [0.2, 0.25) is 0 Å². The van der Waals surface area contributed by atoms with Crippen LogP contribution in [-0.2, 0) is 14.3 Å². The van der Waals surface area contributed by atoms with Gasteiger partial charge in [0.25, 0.3) is 0 Å². The molecule has 0 saturated carbocycles. The highest BCUT2D eigenvalue weighted by atomic mass is 16.5. The van der Waals surface area contributed by atoms with Crippen molar-refractivity contribution in [3.8, 4) is 0 Å². The van der Waals surface area contributed by atoms with Crippen LogP contribution in [0.3, 0.4) is 0 Å². The number of ether oxygens (including phenoxy) is 1. The van der Waals surface area contributed by atoms with Gasteiger partial charge in [-0.25, -0.2) is 0 Å². The summed E-state index contributed by atoms with van der Waals surface area (Å²) in [5.41, 5.74) is 1.17. The van der Waals surface area contributed by atoms with Crippen molar-refractivity contribution in [1.82, 2.24) is 9.80 Å². The topological polar surface area (TPSA) is 49.9 Å². The molecule has 0 bridgehead atoms. The fourth-order valence-corrected chi connectivity index (χ4v) is 3.60. The number of likely N-dealkylation sites (tertiary alicyclic amines) is 1. The molecule has 3 rings (SSSR count). The van der Waals surface area contributed by atoms with Gasteiger partial charge in [-0.05, 0) is 24.3 Å². The number of benzene rings is 1. The highest BCUT2D eigenvalue weighted by molar-refractivity contribution is 5.88. The van der Waals surface area contributed by atoms with Crippen molar-refractivity contribution in [3.63, 3.8) is 0 Å². The number of hydrogen-bond donors (Lipinski definition) is 0. The average molecular weight is 330 g/mol. The van der Waals surface area contributed by atoms with Gasteiger partial charge in [0, 0.05) is 26.1 Å². The number of rotatable bonds is 4. The van der Waals surface area contributed by atoms with E-state index in [9.17, 15) is 9.59 Å². The van der Waals surface area contributed by atoms with Crippen molar-refractivity contribution >= 4 is 11.8 Å². The third-order valence-electron chi connectivity index (χ3n) is 5.03. The second kappa shape index (κ2) is 7.79. The van der Waals surface area contributed by atoms with Gasteiger partial charge in [-0.3, -0.25) is 9.59 Å². The van der Waals surface area contributed by atoms with Crippen molar-refractivity contribution in [1.29, 1.82) is 0 Å². The van der Waals surface area contributed by atoms with Gasteiger partial charge in [-0.2, -0.15) is 0 Å². The van der Waals surface area contributed by atoms with Gasteiger partial charge in [0.15, 0.2) is 0 Å². The fourth-order valence-electron chi connectivity index (χ4n) is 3.60. The first kappa shape index (κ1) is 17.0. The molecule has 2 aliphatic heterocycles. The Bertz CT molecular complexity index is 569. The van der Waals surface area contributed by atoms with Gasteiger partial charge < -0.3 is 14.5 Å². The Balaban J connectivity index is 1.62. The summed E-state index contributed by atoms with van der Waals surface area (Å²) in [6.45, 7) is 5.23. The molecule has 2 heterocycles. The van der Waals surface area contributed by atoms with Crippen LogP contribution in [0.25, 0.3) is 0 Å². The summed E-state index contributed by atoms with van der Waals surface area (Å²) < 4.78 is 5.31. The van der Waals surface area contributed by atoms with Gasteiger partial charge in [-0.15, -0.1) is 0 Å². The van der Waals surface area contributed by atoms with Gasteiger partial charge in [-0.1, -0.05) is 37.3 Å². The van der Waals surface area contributed by atoms with E-state index in [4.69, 9.17) is 4.74 Å². The predicted octanol–water partition coefficient (Wildman–Crippen LogP) is 2.03. The molecular weight excluding hydrogens is 304 g/mol. The number of hydrogen-bond acceptors (Lipinski definition) is 3. The van der Waals surface area contributed by atoms with Crippen LogP contribution < -0.4 is 0 Å². The minimum atomic E-state index is -0.279. The van der Waals surface area contributed by atoms with Crippen molar-refractivity contribution in [3.05, 3.63) is 35.9 Å². The monoisotopic (exact) mass is 330 g/mol. The van der Waals surface area contributed by atoms with E-state index in [-0.39, 0.29) is 23.8 Å². The molecule has 1 aromatic rings. The first-order valence-electron chi connectivity index (χ1n) is 8.88. The lowest BCUT2D eigenvalue weighted by molar-refractivity contribution is -0.146. The Morgan fingerprint density at radius 2 is 1.88 bits per heavy atom. The summed E-state index contributed by atoms with van der Waals surface area (Å²) in [5.74, 6) is 0.352. The second-order valence-corrected chi connectivity index (χ2v) is 6.70. The van der Waals surface area contributed by atoms with Gasteiger partial charge in [0.2, 0.25) is 11.8 Å². The van der Waals surface area contributed by atoms with E-state index in [2.05, 4.69) is 19.1 Å². The van der Waals surface area contributed by atoms with Crippen LogP contribution in [0.15, 0.2) is 30.3 Å². The molecule has 1 aromatic carbocycles. The van der Waals surface area contributed by atoms with E-state index in [0.29, 0.717) is 39.3 Å². The van der Waals surface area contributed by atoms with Crippen molar-refractivity contribution < 1.29 is 14.3 Å². The van der Waals surface area contributed by atoms with Crippen molar-refractivity contribution in [2.24, 2.45) is 0 Å².